The summed E-state index contributed by atoms with van der Waals surface area (Å²) in [7, 11) is 0. The molecule has 1 aromatic carbocycles. The van der Waals surface area contributed by atoms with E-state index in [4.69, 9.17) is 10.8 Å². The maximum absolute atomic E-state index is 8.07. The predicted molar refractivity (Wildman–Crippen MR) is 114 cm³/mol. The molecule has 1 aliphatic heterocycles. The van der Waals surface area contributed by atoms with Crippen molar-refractivity contribution in [2.45, 2.75) is 32.9 Å². The number of amidine groups is 1. The number of piperidine rings is 1. The van der Waals surface area contributed by atoms with E-state index >= 15 is 0 Å². The molecule has 0 amide bonds. The number of hydrogen-bond acceptors (Lipinski definition) is 4. The number of para-hydroxylation sites is 1. The molecular weight excluding hydrogens is 336 g/mol. The van der Waals surface area contributed by atoms with E-state index in [9.17, 15) is 0 Å². The van der Waals surface area contributed by atoms with Crippen molar-refractivity contribution in [2.75, 3.05) is 13.1 Å². The topological polar surface area (TPSA) is 90.8 Å². The molecule has 27 heavy (non-hydrogen) atoms. The van der Waals surface area contributed by atoms with E-state index in [0.717, 1.165) is 43.0 Å². The molecule has 0 spiro atoms. The molecule has 2 aromatic rings. The Balaban J connectivity index is 0.00000261. The number of nitrogens with one attached hydrogen (secondary N) is 5. The molecule has 1 saturated heterocycles. The van der Waals surface area contributed by atoms with Gasteiger partial charge in [-0.25, -0.2) is 0 Å². The summed E-state index contributed by atoms with van der Waals surface area (Å²) in [6.07, 6.45) is 6.54. The number of aromatic nitrogens is 1. The molecule has 1 fully saturated rings. The third-order valence-electron chi connectivity index (χ3n) is 4.57. The molecule has 0 aliphatic carbocycles. The lowest BCUT2D eigenvalue weighted by molar-refractivity contribution is 0.284. The molecule has 144 valence electrons. The molecule has 0 bridgehead atoms. The minimum atomic E-state index is 0. The van der Waals surface area contributed by atoms with Gasteiger partial charge in [0.25, 0.3) is 0 Å². The Hall–Kier alpha value is -3.02. The van der Waals surface area contributed by atoms with Crippen LogP contribution in [0.15, 0.2) is 54.9 Å². The van der Waals surface area contributed by atoms with E-state index in [0.29, 0.717) is 12.4 Å². The Kier molecular flexibility index (Phi) is 7.23. The zero-order valence-corrected chi connectivity index (χ0v) is 14.9. The molecule has 0 radical (unpaired) electrons. The number of hydrogen-bond donors (Lipinski definition) is 5. The van der Waals surface area contributed by atoms with E-state index in [1.165, 1.54) is 11.6 Å². The lowest BCUT2D eigenvalue weighted by Crippen LogP contribution is -2.48. The number of likely N-dealkylation sites (tertiary alicyclic amines) is 1. The number of benzene rings is 1. The normalized spacial score (nSPS) is 16.7. The van der Waals surface area contributed by atoms with Gasteiger partial charge >= 0.3 is 0 Å². The largest absolute Gasteiger partial charge is 0.368 e. The van der Waals surface area contributed by atoms with Gasteiger partial charge in [0.15, 0.2) is 0 Å². The van der Waals surface area contributed by atoms with Crippen LogP contribution in [0.1, 0.15) is 26.0 Å². The smallest absolute Gasteiger partial charge is 0.120 e. The summed E-state index contributed by atoms with van der Waals surface area (Å²) in [6.45, 7) is 6.43. The molecular formula is C21H30N6. The predicted octanol–water partition coefficient (Wildman–Crippen LogP) is 3.60. The first-order valence-corrected chi connectivity index (χ1v) is 8.92. The van der Waals surface area contributed by atoms with Gasteiger partial charge in [0.2, 0.25) is 0 Å². The zero-order chi connectivity index (χ0) is 18.4. The second-order valence-corrected chi connectivity index (χ2v) is 6.55. The van der Waals surface area contributed by atoms with E-state index in [2.05, 4.69) is 40.4 Å². The van der Waals surface area contributed by atoms with Crippen molar-refractivity contribution in [2.24, 2.45) is 0 Å². The fourth-order valence-corrected chi connectivity index (χ4v) is 3.29. The van der Waals surface area contributed by atoms with Gasteiger partial charge in [0, 0.05) is 36.6 Å². The summed E-state index contributed by atoms with van der Waals surface area (Å²) in [5, 5.41) is 23.1. The molecule has 6 nitrogen and oxygen atoms in total. The van der Waals surface area contributed by atoms with E-state index in [1.54, 1.807) is 12.2 Å². The van der Waals surface area contributed by atoms with Crippen LogP contribution in [0.3, 0.4) is 0 Å². The molecule has 1 atom stereocenters. The zero-order valence-electron chi connectivity index (χ0n) is 14.9. The molecule has 5 N–H and O–H groups in total. The number of fused-ring (bicyclic) bond motifs is 1. The lowest BCUT2D eigenvalue weighted by Gasteiger charge is -2.35. The Morgan fingerprint density at radius 1 is 1.37 bits per heavy atom. The van der Waals surface area contributed by atoms with Crippen molar-refractivity contribution in [1.29, 1.82) is 10.8 Å². The first kappa shape index (κ1) is 20.3. The van der Waals surface area contributed by atoms with Crippen molar-refractivity contribution in [1.82, 2.24) is 20.5 Å². The van der Waals surface area contributed by atoms with Crippen LogP contribution in [0.25, 0.3) is 10.9 Å². The van der Waals surface area contributed by atoms with Crippen LogP contribution in [0.2, 0.25) is 0 Å². The average molecular weight is 367 g/mol. The van der Waals surface area contributed by atoms with E-state index in [1.807, 2.05) is 17.0 Å². The van der Waals surface area contributed by atoms with Gasteiger partial charge in [0.05, 0.1) is 12.4 Å². The molecule has 1 aliphatic rings. The van der Waals surface area contributed by atoms with Crippen LogP contribution >= 0.6 is 0 Å². The Morgan fingerprint density at radius 2 is 2.19 bits per heavy atom. The Labute approximate surface area is 161 Å². The molecule has 0 saturated carbocycles. The fraction of sp³-hybridized carbons (Fsp3) is 0.333. The standard InChI is InChI=1S/C20H26N6.CH4/c1-15(23-13-18-12-16-6-2-3-8-19(16)25-18)24-17-7-5-11-26(14-17)20(22)9-4-10-21;/h2-4,6,8-10,12,17,21-25H,1,5,7,11,13-14H2;1H4/b9-4-,21-10?,22-20?;. The van der Waals surface area contributed by atoms with Crippen LogP contribution in [-0.2, 0) is 6.54 Å². The number of allylic oxidation sites excluding steroid dienone is 1. The highest BCUT2D eigenvalue weighted by Crippen LogP contribution is 2.15. The third-order valence-corrected chi connectivity index (χ3v) is 4.57. The number of aromatic amines is 1. The molecule has 1 unspecified atom stereocenters. The van der Waals surface area contributed by atoms with Gasteiger partial charge in [-0.3, -0.25) is 5.41 Å². The van der Waals surface area contributed by atoms with Gasteiger partial charge in [-0.2, -0.15) is 0 Å². The van der Waals surface area contributed by atoms with Gasteiger partial charge in [0.1, 0.15) is 5.84 Å². The highest BCUT2D eigenvalue weighted by atomic mass is 15.2. The minimum Gasteiger partial charge on any atom is -0.368 e. The summed E-state index contributed by atoms with van der Waals surface area (Å²) in [5.74, 6) is 1.26. The average Bonchev–Trinajstić information content (AvgIpc) is 3.07. The lowest BCUT2D eigenvalue weighted by atomic mass is 10.1. The fourth-order valence-electron chi connectivity index (χ4n) is 3.29. The van der Waals surface area contributed by atoms with E-state index in [-0.39, 0.29) is 13.5 Å². The molecule has 2 heterocycles. The quantitative estimate of drug-likeness (QED) is 0.383. The maximum Gasteiger partial charge on any atom is 0.120 e. The van der Waals surface area contributed by atoms with E-state index < -0.39 is 0 Å². The maximum atomic E-state index is 8.07. The van der Waals surface area contributed by atoms with Crippen molar-refractivity contribution in [3.8, 4) is 0 Å². The summed E-state index contributed by atoms with van der Waals surface area (Å²) >= 11 is 0. The first-order chi connectivity index (χ1) is 12.7. The van der Waals surface area contributed by atoms with Crippen molar-refractivity contribution in [3.63, 3.8) is 0 Å². The summed E-state index contributed by atoms with van der Waals surface area (Å²) in [5.41, 5.74) is 2.26. The van der Waals surface area contributed by atoms with Crippen molar-refractivity contribution in [3.05, 3.63) is 60.6 Å². The van der Waals surface area contributed by atoms with Gasteiger partial charge < -0.3 is 25.9 Å². The highest BCUT2D eigenvalue weighted by Gasteiger charge is 2.20. The van der Waals surface area contributed by atoms with Crippen LogP contribution in [-0.4, -0.2) is 41.1 Å². The second-order valence-electron chi connectivity index (χ2n) is 6.55. The van der Waals surface area contributed by atoms with Gasteiger partial charge in [-0.1, -0.05) is 32.2 Å². The molecule has 1 aromatic heterocycles. The minimum absolute atomic E-state index is 0. The summed E-state index contributed by atoms with van der Waals surface area (Å²) in [4.78, 5) is 5.44. The monoisotopic (exact) mass is 366 g/mol. The van der Waals surface area contributed by atoms with Gasteiger partial charge in [-0.05, 0) is 42.5 Å². The molecule has 6 heteroatoms. The van der Waals surface area contributed by atoms with Gasteiger partial charge in [-0.15, -0.1) is 0 Å². The van der Waals surface area contributed by atoms with Crippen LogP contribution in [0.4, 0.5) is 0 Å². The van der Waals surface area contributed by atoms with Crippen LogP contribution in [0, 0.1) is 10.8 Å². The van der Waals surface area contributed by atoms with Crippen molar-refractivity contribution < 1.29 is 0 Å². The Bertz CT molecular complexity index is 786. The molecule has 3 rings (SSSR count). The second kappa shape index (κ2) is 9.62. The summed E-state index contributed by atoms with van der Waals surface area (Å²) in [6, 6.07) is 10.7. The SMILES string of the molecule is C.C=C(NCc1cc2ccccc2[nH]1)NC1CCCN(C(=N)/C=C\C=N)C1. The van der Waals surface area contributed by atoms with Crippen LogP contribution in [0.5, 0.6) is 0 Å². The number of H-pyrrole nitrogens is 1. The first-order valence-electron chi connectivity index (χ1n) is 8.92. The third kappa shape index (κ3) is 5.48. The van der Waals surface area contributed by atoms with Crippen LogP contribution < -0.4 is 10.6 Å². The Morgan fingerprint density at radius 3 is 2.96 bits per heavy atom. The van der Waals surface area contributed by atoms with Crippen molar-refractivity contribution >= 4 is 23.0 Å². The number of nitrogens with zero attached hydrogens (tertiary/aromatic N) is 1. The summed E-state index contributed by atoms with van der Waals surface area (Å²) < 4.78 is 0. The highest BCUT2D eigenvalue weighted by molar-refractivity contribution is 5.93. The number of rotatable bonds is 7.